The highest BCUT2D eigenvalue weighted by Crippen LogP contribution is 2.25. The third-order valence-electron chi connectivity index (χ3n) is 3.95. The molecule has 144 valence electrons. The van der Waals surface area contributed by atoms with Gasteiger partial charge in [0.05, 0.1) is 18.6 Å². The Kier molecular flexibility index (Phi) is 6.86. The Bertz CT molecular complexity index is 911. The molecule has 1 saturated heterocycles. The Morgan fingerprint density at radius 2 is 2.11 bits per heavy atom. The SMILES string of the molecule is C=CCOc1ccccc1C=NN=C1NC(=O)C(Cc2cccc(OC)c2)S1. The number of methoxy groups -OCH3 is 1. The number of para-hydroxylation sites is 1. The number of hydrogen-bond acceptors (Lipinski definition) is 6. The van der Waals surface area contributed by atoms with Gasteiger partial charge in [-0.2, -0.15) is 5.10 Å². The van der Waals surface area contributed by atoms with Crippen molar-refractivity contribution in [3.8, 4) is 11.5 Å². The van der Waals surface area contributed by atoms with E-state index in [1.165, 1.54) is 11.8 Å². The van der Waals surface area contributed by atoms with Crippen molar-refractivity contribution < 1.29 is 14.3 Å². The molecule has 1 N–H and O–H groups in total. The van der Waals surface area contributed by atoms with Crippen molar-refractivity contribution in [1.29, 1.82) is 0 Å². The Morgan fingerprint density at radius 3 is 2.93 bits per heavy atom. The van der Waals surface area contributed by atoms with Gasteiger partial charge in [-0.15, -0.1) is 5.10 Å². The van der Waals surface area contributed by atoms with E-state index < -0.39 is 0 Å². The first-order chi connectivity index (χ1) is 13.7. The van der Waals surface area contributed by atoms with Crippen molar-refractivity contribution in [1.82, 2.24) is 5.32 Å². The summed E-state index contributed by atoms with van der Waals surface area (Å²) in [5.74, 6) is 1.40. The minimum atomic E-state index is -0.246. The van der Waals surface area contributed by atoms with Crippen LogP contribution in [-0.2, 0) is 11.2 Å². The van der Waals surface area contributed by atoms with Gasteiger partial charge in [0.25, 0.3) is 0 Å². The standard InChI is InChI=1S/C21H21N3O3S/c1-3-11-27-18-10-5-4-8-16(18)14-22-24-21-23-20(25)19(28-21)13-15-7-6-9-17(12-15)26-2/h3-10,12,14,19H,1,11,13H2,2H3,(H,23,24,25). The highest BCUT2D eigenvalue weighted by molar-refractivity contribution is 8.15. The summed E-state index contributed by atoms with van der Waals surface area (Å²) in [4.78, 5) is 12.2. The van der Waals surface area contributed by atoms with Crippen LogP contribution in [0.25, 0.3) is 0 Å². The predicted molar refractivity (Wildman–Crippen MR) is 113 cm³/mol. The first-order valence-corrected chi connectivity index (χ1v) is 9.61. The number of benzene rings is 2. The van der Waals surface area contributed by atoms with Gasteiger partial charge >= 0.3 is 0 Å². The van der Waals surface area contributed by atoms with E-state index in [4.69, 9.17) is 9.47 Å². The van der Waals surface area contributed by atoms with Crippen molar-refractivity contribution in [2.24, 2.45) is 10.2 Å². The van der Waals surface area contributed by atoms with Crippen molar-refractivity contribution in [3.05, 3.63) is 72.3 Å². The van der Waals surface area contributed by atoms with Gasteiger partial charge in [0.2, 0.25) is 5.91 Å². The van der Waals surface area contributed by atoms with Gasteiger partial charge in [-0.3, -0.25) is 4.79 Å². The molecule has 0 spiro atoms. The molecule has 1 heterocycles. The number of amides is 1. The maximum atomic E-state index is 12.2. The smallest absolute Gasteiger partial charge is 0.239 e. The molecule has 0 radical (unpaired) electrons. The fraction of sp³-hybridized carbons (Fsp3) is 0.190. The monoisotopic (exact) mass is 395 g/mol. The van der Waals surface area contributed by atoms with E-state index in [0.717, 1.165) is 16.9 Å². The van der Waals surface area contributed by atoms with Crippen LogP contribution in [0, 0.1) is 0 Å². The molecule has 28 heavy (non-hydrogen) atoms. The average molecular weight is 395 g/mol. The molecule has 1 fully saturated rings. The number of carbonyl (C=O) groups excluding carboxylic acids is 1. The van der Waals surface area contributed by atoms with Crippen LogP contribution in [0.5, 0.6) is 11.5 Å². The second-order valence-corrected chi connectivity index (χ2v) is 7.13. The molecule has 1 aliphatic heterocycles. The predicted octanol–water partition coefficient (Wildman–Crippen LogP) is 3.42. The summed E-state index contributed by atoms with van der Waals surface area (Å²) in [7, 11) is 1.62. The summed E-state index contributed by atoms with van der Waals surface area (Å²) < 4.78 is 10.8. The van der Waals surface area contributed by atoms with Crippen LogP contribution in [-0.4, -0.2) is 36.3 Å². The third kappa shape index (κ3) is 5.23. The van der Waals surface area contributed by atoms with Gasteiger partial charge in [0.15, 0.2) is 5.17 Å². The van der Waals surface area contributed by atoms with E-state index in [9.17, 15) is 4.79 Å². The summed E-state index contributed by atoms with van der Waals surface area (Å²) in [5, 5.41) is 11.2. The number of hydrogen-bond donors (Lipinski definition) is 1. The highest BCUT2D eigenvalue weighted by Gasteiger charge is 2.30. The highest BCUT2D eigenvalue weighted by atomic mass is 32.2. The normalized spacial score (nSPS) is 17.7. The van der Waals surface area contributed by atoms with E-state index in [-0.39, 0.29) is 11.2 Å². The van der Waals surface area contributed by atoms with Gasteiger partial charge in [-0.1, -0.05) is 48.7 Å². The summed E-state index contributed by atoms with van der Waals surface area (Å²) >= 11 is 1.37. The quantitative estimate of drug-likeness (QED) is 0.422. The minimum Gasteiger partial charge on any atom is -0.497 e. The molecule has 6 nitrogen and oxygen atoms in total. The lowest BCUT2D eigenvalue weighted by molar-refractivity contribution is -0.118. The lowest BCUT2D eigenvalue weighted by atomic mass is 10.1. The number of carbonyl (C=O) groups is 1. The first kappa shape index (κ1) is 19.7. The maximum Gasteiger partial charge on any atom is 0.239 e. The molecule has 7 heteroatoms. The molecular formula is C21H21N3O3S. The van der Waals surface area contributed by atoms with Crippen LogP contribution in [0.2, 0.25) is 0 Å². The Balaban J connectivity index is 1.64. The zero-order valence-electron chi connectivity index (χ0n) is 15.5. The second-order valence-electron chi connectivity index (χ2n) is 5.94. The lowest BCUT2D eigenvalue weighted by Gasteiger charge is -2.07. The van der Waals surface area contributed by atoms with E-state index in [1.54, 1.807) is 19.4 Å². The Labute approximate surface area is 168 Å². The Morgan fingerprint density at radius 1 is 1.25 bits per heavy atom. The Hall–Kier alpha value is -3.06. The van der Waals surface area contributed by atoms with E-state index in [0.29, 0.717) is 23.9 Å². The first-order valence-electron chi connectivity index (χ1n) is 8.74. The summed E-state index contributed by atoms with van der Waals surface area (Å²) in [5.41, 5.74) is 1.83. The van der Waals surface area contributed by atoms with Crippen LogP contribution in [0.3, 0.4) is 0 Å². The van der Waals surface area contributed by atoms with Crippen molar-refractivity contribution in [2.45, 2.75) is 11.7 Å². The largest absolute Gasteiger partial charge is 0.497 e. The van der Waals surface area contributed by atoms with Gasteiger partial charge in [0.1, 0.15) is 18.1 Å². The van der Waals surface area contributed by atoms with E-state index in [2.05, 4.69) is 22.1 Å². The zero-order valence-corrected chi connectivity index (χ0v) is 16.3. The van der Waals surface area contributed by atoms with Gasteiger partial charge in [0, 0.05) is 5.56 Å². The van der Waals surface area contributed by atoms with Crippen molar-refractivity contribution in [2.75, 3.05) is 13.7 Å². The number of rotatable bonds is 8. The number of thioether (sulfide) groups is 1. The number of amidine groups is 1. The van der Waals surface area contributed by atoms with E-state index >= 15 is 0 Å². The number of nitrogens with zero attached hydrogens (tertiary/aromatic N) is 2. The molecule has 0 bridgehead atoms. The number of nitrogens with one attached hydrogen (secondary N) is 1. The molecule has 1 unspecified atom stereocenters. The van der Waals surface area contributed by atoms with Gasteiger partial charge < -0.3 is 14.8 Å². The topological polar surface area (TPSA) is 72.3 Å². The van der Waals surface area contributed by atoms with Crippen LogP contribution in [0.15, 0.2) is 71.4 Å². The summed E-state index contributed by atoms with van der Waals surface area (Å²) in [6, 6.07) is 15.2. The second kappa shape index (κ2) is 9.75. The molecule has 0 aromatic heterocycles. The molecule has 2 aromatic rings. The van der Waals surface area contributed by atoms with Crippen LogP contribution >= 0.6 is 11.8 Å². The van der Waals surface area contributed by atoms with Crippen molar-refractivity contribution in [3.63, 3.8) is 0 Å². The summed E-state index contributed by atoms with van der Waals surface area (Å²) in [6.45, 7) is 4.06. The zero-order chi connectivity index (χ0) is 19.8. The van der Waals surface area contributed by atoms with Crippen molar-refractivity contribution >= 4 is 29.1 Å². The molecule has 0 aliphatic carbocycles. The minimum absolute atomic E-state index is 0.0727. The number of ether oxygens (including phenoxy) is 2. The van der Waals surface area contributed by atoms with Crippen LogP contribution in [0.4, 0.5) is 0 Å². The molecule has 0 saturated carbocycles. The molecule has 1 amide bonds. The fourth-order valence-corrected chi connectivity index (χ4v) is 3.58. The molecular weight excluding hydrogens is 374 g/mol. The average Bonchev–Trinajstić information content (AvgIpc) is 3.06. The van der Waals surface area contributed by atoms with Gasteiger partial charge in [-0.05, 0) is 36.2 Å². The maximum absolute atomic E-state index is 12.2. The van der Waals surface area contributed by atoms with Gasteiger partial charge in [-0.25, -0.2) is 0 Å². The molecule has 3 rings (SSSR count). The molecule has 2 aromatic carbocycles. The summed E-state index contributed by atoms with van der Waals surface area (Å²) in [6.07, 6.45) is 3.88. The molecule has 1 aliphatic rings. The lowest BCUT2D eigenvalue weighted by Crippen LogP contribution is -2.25. The fourth-order valence-electron chi connectivity index (χ4n) is 2.61. The van der Waals surface area contributed by atoms with Crippen LogP contribution in [0.1, 0.15) is 11.1 Å². The third-order valence-corrected chi connectivity index (χ3v) is 5.03. The molecule has 1 atom stereocenters. The van der Waals surface area contributed by atoms with E-state index in [1.807, 2.05) is 48.5 Å². The van der Waals surface area contributed by atoms with Crippen LogP contribution < -0.4 is 14.8 Å².